The zero-order chi connectivity index (χ0) is 11.3. The molecule has 2 heteroatoms. The molecule has 90 valence electrons. The largest absolute Gasteiger partial charge is 0.396 e. The minimum absolute atomic E-state index is 0.326. The number of aliphatic hydroxyl groups is 1. The molecule has 1 atom stereocenters. The van der Waals surface area contributed by atoms with E-state index in [1.807, 2.05) is 0 Å². The summed E-state index contributed by atoms with van der Waals surface area (Å²) in [7, 11) is 2.20. The van der Waals surface area contributed by atoms with Gasteiger partial charge in [-0.1, -0.05) is 26.7 Å². The van der Waals surface area contributed by atoms with Gasteiger partial charge in [-0.25, -0.2) is 0 Å². The Balaban J connectivity index is 2.23. The van der Waals surface area contributed by atoms with Crippen LogP contribution in [0.2, 0.25) is 0 Å². The second-order valence-electron chi connectivity index (χ2n) is 5.56. The molecule has 0 spiro atoms. The molecule has 1 fully saturated rings. The van der Waals surface area contributed by atoms with Gasteiger partial charge < -0.3 is 10.0 Å². The monoisotopic (exact) mass is 213 g/mol. The molecule has 0 aromatic heterocycles. The topological polar surface area (TPSA) is 23.5 Å². The molecular formula is C13H27NO. The molecule has 15 heavy (non-hydrogen) atoms. The molecule has 0 aromatic carbocycles. The van der Waals surface area contributed by atoms with Crippen molar-refractivity contribution >= 4 is 0 Å². The van der Waals surface area contributed by atoms with Crippen LogP contribution in [0, 0.1) is 17.8 Å². The van der Waals surface area contributed by atoms with E-state index >= 15 is 0 Å². The molecule has 1 saturated carbocycles. The molecule has 0 aliphatic heterocycles. The Labute approximate surface area is 94.7 Å². The summed E-state index contributed by atoms with van der Waals surface area (Å²) in [5.74, 6) is 1.94. The van der Waals surface area contributed by atoms with Gasteiger partial charge in [0.2, 0.25) is 0 Å². The van der Waals surface area contributed by atoms with Gasteiger partial charge in [0, 0.05) is 19.7 Å². The summed E-state index contributed by atoms with van der Waals surface area (Å²) in [4.78, 5) is 2.41. The van der Waals surface area contributed by atoms with Gasteiger partial charge in [-0.2, -0.15) is 0 Å². The lowest BCUT2D eigenvalue weighted by molar-refractivity contribution is 0.138. The molecular weight excluding hydrogens is 186 g/mol. The van der Waals surface area contributed by atoms with Crippen molar-refractivity contribution in [2.75, 3.05) is 26.7 Å². The summed E-state index contributed by atoms with van der Waals surface area (Å²) < 4.78 is 0. The molecule has 1 unspecified atom stereocenters. The van der Waals surface area contributed by atoms with Crippen molar-refractivity contribution in [3.05, 3.63) is 0 Å². The maximum absolute atomic E-state index is 9.28. The first-order chi connectivity index (χ1) is 7.13. The van der Waals surface area contributed by atoms with Gasteiger partial charge in [-0.3, -0.25) is 0 Å². The summed E-state index contributed by atoms with van der Waals surface area (Å²) in [5.41, 5.74) is 0. The fourth-order valence-electron chi connectivity index (χ4n) is 2.59. The Bertz CT molecular complexity index is 164. The normalized spacial score (nSPS) is 20.4. The Morgan fingerprint density at radius 3 is 2.33 bits per heavy atom. The Kier molecular flexibility index (Phi) is 5.62. The first-order valence-electron chi connectivity index (χ1n) is 6.43. The van der Waals surface area contributed by atoms with E-state index in [1.54, 1.807) is 0 Å². The third kappa shape index (κ3) is 4.52. The van der Waals surface area contributed by atoms with Crippen LogP contribution in [0.5, 0.6) is 0 Å². The van der Waals surface area contributed by atoms with Gasteiger partial charge in [0.25, 0.3) is 0 Å². The number of hydrogen-bond acceptors (Lipinski definition) is 2. The third-order valence-electron chi connectivity index (χ3n) is 3.77. The van der Waals surface area contributed by atoms with Crippen LogP contribution in [-0.4, -0.2) is 36.8 Å². The third-order valence-corrected chi connectivity index (χ3v) is 3.77. The first kappa shape index (κ1) is 13.0. The van der Waals surface area contributed by atoms with Crippen molar-refractivity contribution in [2.45, 2.75) is 39.5 Å². The maximum atomic E-state index is 9.28. The predicted octanol–water partition coefficient (Wildman–Crippen LogP) is 2.37. The second-order valence-corrected chi connectivity index (χ2v) is 5.56. The van der Waals surface area contributed by atoms with Crippen LogP contribution in [0.4, 0.5) is 0 Å². The Morgan fingerprint density at radius 1 is 1.27 bits per heavy atom. The first-order valence-corrected chi connectivity index (χ1v) is 6.43. The van der Waals surface area contributed by atoms with Gasteiger partial charge >= 0.3 is 0 Å². The molecule has 0 saturated heterocycles. The minimum Gasteiger partial charge on any atom is -0.396 e. The van der Waals surface area contributed by atoms with Crippen molar-refractivity contribution in [2.24, 2.45) is 17.8 Å². The van der Waals surface area contributed by atoms with E-state index in [4.69, 9.17) is 0 Å². The van der Waals surface area contributed by atoms with Crippen LogP contribution in [-0.2, 0) is 0 Å². The fraction of sp³-hybridized carbons (Fsp3) is 1.00. The van der Waals surface area contributed by atoms with Crippen LogP contribution in [0.15, 0.2) is 0 Å². The van der Waals surface area contributed by atoms with E-state index in [2.05, 4.69) is 25.8 Å². The zero-order valence-corrected chi connectivity index (χ0v) is 10.6. The molecule has 1 aliphatic carbocycles. The van der Waals surface area contributed by atoms with Crippen molar-refractivity contribution in [1.82, 2.24) is 4.90 Å². The predicted molar refractivity (Wildman–Crippen MR) is 64.9 cm³/mol. The van der Waals surface area contributed by atoms with Crippen LogP contribution in [0.25, 0.3) is 0 Å². The van der Waals surface area contributed by atoms with Crippen LogP contribution in [0.3, 0.4) is 0 Å². The molecule has 0 bridgehead atoms. The average Bonchev–Trinajstić information content (AvgIpc) is 2.66. The van der Waals surface area contributed by atoms with Crippen LogP contribution < -0.4 is 0 Å². The van der Waals surface area contributed by atoms with Crippen molar-refractivity contribution < 1.29 is 5.11 Å². The van der Waals surface area contributed by atoms with E-state index in [0.29, 0.717) is 18.4 Å². The van der Waals surface area contributed by atoms with Crippen molar-refractivity contribution in [3.8, 4) is 0 Å². The fourth-order valence-corrected chi connectivity index (χ4v) is 2.59. The smallest absolute Gasteiger partial charge is 0.0473 e. The van der Waals surface area contributed by atoms with Gasteiger partial charge in [0.1, 0.15) is 0 Å². The molecule has 0 heterocycles. The SMILES string of the molecule is CC(C)C(CO)CN(C)CC1CCCC1. The molecule has 1 rings (SSSR count). The Morgan fingerprint density at radius 2 is 1.87 bits per heavy atom. The van der Waals surface area contributed by atoms with E-state index in [-0.39, 0.29) is 0 Å². The average molecular weight is 213 g/mol. The van der Waals surface area contributed by atoms with Crippen LogP contribution >= 0.6 is 0 Å². The second kappa shape index (κ2) is 6.49. The van der Waals surface area contributed by atoms with E-state index < -0.39 is 0 Å². The molecule has 1 aliphatic rings. The lowest BCUT2D eigenvalue weighted by Crippen LogP contribution is -2.33. The van der Waals surface area contributed by atoms with Crippen molar-refractivity contribution in [1.29, 1.82) is 0 Å². The quantitative estimate of drug-likeness (QED) is 0.732. The highest BCUT2D eigenvalue weighted by Crippen LogP contribution is 2.25. The molecule has 0 amide bonds. The summed E-state index contributed by atoms with van der Waals surface area (Å²) >= 11 is 0. The van der Waals surface area contributed by atoms with E-state index in [9.17, 15) is 5.11 Å². The van der Waals surface area contributed by atoms with Gasteiger partial charge in [-0.15, -0.1) is 0 Å². The minimum atomic E-state index is 0.326. The number of nitrogens with zero attached hydrogens (tertiary/aromatic N) is 1. The standard InChI is InChI=1S/C13H27NO/c1-11(2)13(10-15)9-14(3)8-12-6-4-5-7-12/h11-13,15H,4-10H2,1-3H3. The highest BCUT2D eigenvalue weighted by atomic mass is 16.3. The lowest BCUT2D eigenvalue weighted by atomic mass is 9.96. The molecule has 1 N–H and O–H groups in total. The van der Waals surface area contributed by atoms with Gasteiger partial charge in [0.05, 0.1) is 0 Å². The highest BCUT2D eigenvalue weighted by Gasteiger charge is 2.19. The van der Waals surface area contributed by atoms with Crippen molar-refractivity contribution in [3.63, 3.8) is 0 Å². The summed E-state index contributed by atoms with van der Waals surface area (Å²) in [6.07, 6.45) is 5.67. The maximum Gasteiger partial charge on any atom is 0.0473 e. The summed E-state index contributed by atoms with van der Waals surface area (Å²) in [6.45, 7) is 7.00. The van der Waals surface area contributed by atoms with E-state index in [1.165, 1.54) is 32.2 Å². The summed E-state index contributed by atoms with van der Waals surface area (Å²) in [5, 5.41) is 9.28. The Hall–Kier alpha value is -0.0800. The number of aliphatic hydroxyl groups excluding tert-OH is 1. The number of rotatable bonds is 6. The highest BCUT2D eigenvalue weighted by molar-refractivity contribution is 4.72. The molecule has 0 aromatic rings. The zero-order valence-electron chi connectivity index (χ0n) is 10.6. The van der Waals surface area contributed by atoms with Gasteiger partial charge in [-0.05, 0) is 37.6 Å². The molecule has 2 nitrogen and oxygen atoms in total. The lowest BCUT2D eigenvalue weighted by Gasteiger charge is -2.27. The number of hydrogen-bond donors (Lipinski definition) is 1. The molecule has 0 radical (unpaired) electrons. The van der Waals surface area contributed by atoms with Crippen LogP contribution in [0.1, 0.15) is 39.5 Å². The summed E-state index contributed by atoms with van der Waals surface area (Å²) in [6, 6.07) is 0. The van der Waals surface area contributed by atoms with E-state index in [0.717, 1.165) is 12.5 Å². The van der Waals surface area contributed by atoms with Gasteiger partial charge in [0.15, 0.2) is 0 Å².